The van der Waals surface area contributed by atoms with Crippen LogP contribution in [-0.2, 0) is 21.2 Å². The van der Waals surface area contributed by atoms with Crippen LogP contribution in [0.1, 0.15) is 25.0 Å². The number of nitrogens with zero attached hydrogens (tertiary/aromatic N) is 3. The summed E-state index contributed by atoms with van der Waals surface area (Å²) in [5.74, 6) is -2.76. The van der Waals surface area contributed by atoms with Crippen LogP contribution in [0.25, 0.3) is 0 Å². The summed E-state index contributed by atoms with van der Waals surface area (Å²) >= 11 is 0. The average molecular weight is 557 g/mol. The highest BCUT2D eigenvalue weighted by atomic mass is 32.2. The number of halogens is 3. The Morgan fingerprint density at radius 1 is 1.18 bits per heavy atom. The Morgan fingerprint density at radius 3 is 2.24 bits per heavy atom. The van der Waals surface area contributed by atoms with Crippen molar-refractivity contribution in [3.63, 3.8) is 0 Å². The highest BCUT2D eigenvalue weighted by Gasteiger charge is 2.40. The summed E-state index contributed by atoms with van der Waals surface area (Å²) in [6.07, 6.45) is -4.49. The molecule has 2 aromatic rings. The lowest BCUT2D eigenvalue weighted by molar-refractivity contribution is -0.192. The summed E-state index contributed by atoms with van der Waals surface area (Å²) in [5, 5.41) is 29.6. The number of carboxylic acid groups (broad SMARTS) is 1. The molecule has 0 unspecified atom stereocenters. The summed E-state index contributed by atoms with van der Waals surface area (Å²) in [6.45, 7) is 6.64. The van der Waals surface area contributed by atoms with Gasteiger partial charge in [-0.3, -0.25) is 4.90 Å². The van der Waals surface area contributed by atoms with E-state index < -0.39 is 22.2 Å². The van der Waals surface area contributed by atoms with Crippen LogP contribution in [0, 0.1) is 11.3 Å². The van der Waals surface area contributed by atoms with Gasteiger partial charge in [0.1, 0.15) is 11.0 Å². The maximum atomic E-state index is 13.2. The average Bonchev–Trinajstić information content (AvgIpc) is 2.85. The molecule has 9 nitrogen and oxygen atoms in total. The Hall–Kier alpha value is -3.18. The number of nitriles is 1. The smallest absolute Gasteiger partial charge is 0.475 e. The normalized spacial score (nSPS) is 15.1. The quantitative estimate of drug-likeness (QED) is 0.407. The van der Waals surface area contributed by atoms with Crippen LogP contribution in [0.3, 0.4) is 0 Å². The molecular formula is C25H31F3N4O5S. The van der Waals surface area contributed by atoms with Gasteiger partial charge >= 0.3 is 12.1 Å². The molecule has 2 aromatic carbocycles. The molecule has 208 valence electrons. The van der Waals surface area contributed by atoms with Crippen molar-refractivity contribution in [2.75, 3.05) is 38.1 Å². The van der Waals surface area contributed by atoms with E-state index in [1.165, 1.54) is 16.4 Å². The first-order valence-electron chi connectivity index (χ1n) is 11.9. The van der Waals surface area contributed by atoms with Crippen LogP contribution in [0.5, 0.6) is 0 Å². The zero-order valence-electron chi connectivity index (χ0n) is 21.0. The Balaban J connectivity index is 0.000000638. The maximum Gasteiger partial charge on any atom is 0.490 e. The molecule has 3 N–H and O–H groups in total. The molecular weight excluding hydrogens is 525 g/mol. The Morgan fingerprint density at radius 2 is 1.76 bits per heavy atom. The Bertz CT molecular complexity index is 1210. The minimum Gasteiger partial charge on any atom is -0.475 e. The van der Waals surface area contributed by atoms with Crippen LogP contribution >= 0.6 is 0 Å². The van der Waals surface area contributed by atoms with Crippen molar-refractivity contribution in [2.24, 2.45) is 0 Å². The third-order valence-corrected chi connectivity index (χ3v) is 7.91. The van der Waals surface area contributed by atoms with E-state index in [0.29, 0.717) is 25.2 Å². The number of rotatable bonds is 10. The van der Waals surface area contributed by atoms with E-state index in [1.54, 1.807) is 6.07 Å². The predicted molar refractivity (Wildman–Crippen MR) is 135 cm³/mol. The Kier molecular flexibility index (Phi) is 11.1. The largest absolute Gasteiger partial charge is 0.490 e. The number of aliphatic hydroxyl groups is 1. The fourth-order valence-electron chi connectivity index (χ4n) is 3.94. The number of aliphatic hydroxyl groups excluding tert-OH is 1. The van der Waals surface area contributed by atoms with Gasteiger partial charge in [-0.05, 0) is 43.3 Å². The molecule has 38 heavy (non-hydrogen) atoms. The standard InChI is InChI=1S/C23H30N4O3S.C2HF3O2/c1-3-26(4-2)22-15-27(16-22)31(29,30)23-13-20(11-10-19(23)14-24)25-21(17-28)12-18-8-6-5-7-9-18;3-2(4,5)1(6)7/h5-11,13,21-22,25,28H,3-4,12,15-17H2,1-2H3;(H,6,7)/t21-;/m0./s1. The molecule has 1 fully saturated rings. The number of alkyl halides is 3. The molecule has 13 heteroatoms. The molecule has 1 aliphatic rings. The lowest BCUT2D eigenvalue weighted by Gasteiger charge is -2.43. The fraction of sp³-hybridized carbons (Fsp3) is 0.440. The Labute approximate surface area is 220 Å². The van der Waals surface area contributed by atoms with E-state index in [9.17, 15) is 32.0 Å². The molecule has 1 aliphatic heterocycles. The van der Waals surface area contributed by atoms with Crippen molar-refractivity contribution in [2.45, 2.75) is 43.4 Å². The molecule has 0 amide bonds. The van der Waals surface area contributed by atoms with Gasteiger partial charge in [0.05, 0.1) is 18.2 Å². The van der Waals surface area contributed by atoms with E-state index in [-0.39, 0.29) is 29.1 Å². The monoisotopic (exact) mass is 556 g/mol. The number of sulfonamides is 1. The van der Waals surface area contributed by atoms with Gasteiger partial charge in [-0.25, -0.2) is 13.2 Å². The topological polar surface area (TPSA) is 134 Å². The number of anilines is 1. The summed E-state index contributed by atoms with van der Waals surface area (Å²) in [5.41, 5.74) is 1.76. The van der Waals surface area contributed by atoms with Gasteiger partial charge in [0.25, 0.3) is 0 Å². The first-order valence-corrected chi connectivity index (χ1v) is 13.3. The van der Waals surface area contributed by atoms with Gasteiger partial charge in [-0.2, -0.15) is 22.7 Å². The number of benzene rings is 2. The molecule has 1 heterocycles. The third kappa shape index (κ3) is 8.16. The summed E-state index contributed by atoms with van der Waals surface area (Å²) < 4.78 is 59.6. The minimum absolute atomic E-state index is 0.00870. The van der Waals surface area contributed by atoms with E-state index in [0.717, 1.165) is 18.7 Å². The number of hydrogen-bond donors (Lipinski definition) is 3. The van der Waals surface area contributed by atoms with E-state index in [2.05, 4.69) is 24.1 Å². The van der Waals surface area contributed by atoms with Crippen LogP contribution in [-0.4, -0.2) is 84.9 Å². The third-order valence-electron chi connectivity index (χ3n) is 6.04. The molecule has 0 saturated carbocycles. The van der Waals surface area contributed by atoms with Gasteiger partial charge in [-0.15, -0.1) is 0 Å². The molecule has 1 atom stereocenters. The number of likely N-dealkylation sites (N-methyl/N-ethyl adjacent to an activating group) is 1. The first kappa shape index (κ1) is 31.0. The molecule has 0 radical (unpaired) electrons. The van der Waals surface area contributed by atoms with Crippen molar-refractivity contribution in [1.29, 1.82) is 5.26 Å². The summed E-state index contributed by atoms with van der Waals surface area (Å²) in [4.78, 5) is 11.1. The number of aliphatic carboxylic acids is 1. The van der Waals surface area contributed by atoms with Crippen molar-refractivity contribution in [3.05, 3.63) is 59.7 Å². The van der Waals surface area contributed by atoms with Gasteiger partial charge < -0.3 is 15.5 Å². The van der Waals surface area contributed by atoms with E-state index >= 15 is 0 Å². The van der Waals surface area contributed by atoms with Crippen LogP contribution in [0.4, 0.5) is 18.9 Å². The first-order chi connectivity index (χ1) is 17.9. The van der Waals surface area contributed by atoms with Crippen molar-refractivity contribution in [3.8, 4) is 6.07 Å². The van der Waals surface area contributed by atoms with Crippen LogP contribution in [0.15, 0.2) is 53.4 Å². The van der Waals surface area contributed by atoms with Gasteiger partial charge in [-0.1, -0.05) is 44.2 Å². The van der Waals surface area contributed by atoms with E-state index in [1.807, 2.05) is 36.4 Å². The van der Waals surface area contributed by atoms with Gasteiger partial charge in [0.2, 0.25) is 10.0 Å². The number of nitrogens with one attached hydrogen (secondary N) is 1. The van der Waals surface area contributed by atoms with Crippen molar-refractivity contribution < 1.29 is 36.6 Å². The zero-order valence-corrected chi connectivity index (χ0v) is 21.8. The zero-order chi connectivity index (χ0) is 28.5. The second-order valence-electron chi connectivity index (χ2n) is 8.54. The lowest BCUT2D eigenvalue weighted by atomic mass is 10.1. The number of carbonyl (C=O) groups is 1. The van der Waals surface area contributed by atoms with Crippen LogP contribution < -0.4 is 5.32 Å². The second-order valence-corrected chi connectivity index (χ2v) is 10.4. The number of carboxylic acids is 1. The van der Waals surface area contributed by atoms with Crippen molar-refractivity contribution in [1.82, 2.24) is 9.21 Å². The van der Waals surface area contributed by atoms with Crippen molar-refractivity contribution >= 4 is 21.7 Å². The summed E-state index contributed by atoms with van der Waals surface area (Å²) in [6, 6.07) is 16.4. The van der Waals surface area contributed by atoms with E-state index in [4.69, 9.17) is 9.90 Å². The minimum atomic E-state index is -5.08. The SMILES string of the molecule is CCN(CC)C1CN(S(=O)(=O)c2cc(N[C@H](CO)Cc3ccccc3)ccc2C#N)C1.O=C(O)C(F)(F)F. The number of hydrogen-bond acceptors (Lipinski definition) is 7. The molecule has 1 saturated heterocycles. The highest BCUT2D eigenvalue weighted by Crippen LogP contribution is 2.29. The van der Waals surface area contributed by atoms with Gasteiger partial charge in [0, 0.05) is 24.8 Å². The molecule has 0 bridgehead atoms. The fourth-order valence-corrected chi connectivity index (χ4v) is 5.62. The second kappa shape index (κ2) is 13.6. The molecule has 0 spiro atoms. The van der Waals surface area contributed by atoms with Crippen LogP contribution in [0.2, 0.25) is 0 Å². The highest BCUT2D eigenvalue weighted by molar-refractivity contribution is 7.89. The summed E-state index contributed by atoms with van der Waals surface area (Å²) in [7, 11) is -3.77. The maximum absolute atomic E-state index is 13.2. The lowest BCUT2D eigenvalue weighted by Crippen LogP contribution is -2.60. The molecule has 0 aliphatic carbocycles. The predicted octanol–water partition coefficient (Wildman–Crippen LogP) is 2.92. The van der Waals surface area contributed by atoms with Gasteiger partial charge in [0.15, 0.2) is 0 Å². The molecule has 3 rings (SSSR count). The molecule has 0 aromatic heterocycles.